The fraction of sp³-hybridized carbons (Fsp3) is 0.600. The number of piperidine rings is 1. The van der Waals surface area contributed by atoms with Gasteiger partial charge in [-0.15, -0.1) is 0 Å². The van der Waals surface area contributed by atoms with Gasteiger partial charge in [-0.05, 0) is 49.7 Å². The van der Waals surface area contributed by atoms with E-state index >= 15 is 0 Å². The van der Waals surface area contributed by atoms with Crippen LogP contribution in [0.5, 0.6) is 0 Å². The second kappa shape index (κ2) is 9.37. The van der Waals surface area contributed by atoms with Gasteiger partial charge in [0.1, 0.15) is 29.3 Å². The van der Waals surface area contributed by atoms with Crippen molar-refractivity contribution in [1.82, 2.24) is 15.0 Å². The number of aryl methyl sites for hydroxylation is 1. The van der Waals surface area contributed by atoms with Gasteiger partial charge in [0.25, 0.3) is 0 Å². The Bertz CT molecular complexity index is 1040. The standard InChI is InChI=1S/C25H37N7O2/c1-16-20(28-14-25(26,23(33)34)24(2,3)4)29-15-30-22(16)32-12-9-17(10-13-32)19-8-7-18-6-5-11-27-21(18)31-19/h7-8,15,17H,5-6,9-14,26H2,1-4H3,(H,27,31)(H,33,34)(H,28,29,30). The van der Waals surface area contributed by atoms with Crippen molar-refractivity contribution in [3.63, 3.8) is 0 Å². The van der Waals surface area contributed by atoms with E-state index in [2.05, 4.69) is 37.6 Å². The summed E-state index contributed by atoms with van der Waals surface area (Å²) in [6, 6.07) is 4.43. The van der Waals surface area contributed by atoms with Gasteiger partial charge in [0.2, 0.25) is 0 Å². The third kappa shape index (κ3) is 4.66. The number of anilines is 3. The lowest BCUT2D eigenvalue weighted by Gasteiger charge is -2.38. The Morgan fingerprint density at radius 1 is 1.26 bits per heavy atom. The Balaban J connectivity index is 1.43. The van der Waals surface area contributed by atoms with Gasteiger partial charge in [-0.2, -0.15) is 0 Å². The van der Waals surface area contributed by atoms with Gasteiger partial charge in [0.15, 0.2) is 0 Å². The number of aromatic nitrogens is 3. The summed E-state index contributed by atoms with van der Waals surface area (Å²) in [7, 11) is 0. The van der Waals surface area contributed by atoms with Crippen molar-refractivity contribution < 1.29 is 9.90 Å². The quantitative estimate of drug-likeness (QED) is 0.506. The zero-order chi connectivity index (χ0) is 24.5. The number of nitrogens with two attached hydrogens (primary N) is 1. The minimum atomic E-state index is -1.43. The number of fused-ring (bicyclic) bond motifs is 1. The maximum Gasteiger partial charge on any atom is 0.326 e. The average Bonchev–Trinajstić information content (AvgIpc) is 2.82. The topological polar surface area (TPSA) is 129 Å². The van der Waals surface area contributed by atoms with Crippen LogP contribution in [0.25, 0.3) is 0 Å². The SMILES string of the molecule is Cc1c(NCC(N)(C(=O)O)C(C)(C)C)ncnc1N1CCC(c2ccc3c(n2)NCCC3)CC1. The van der Waals surface area contributed by atoms with Gasteiger partial charge in [-0.1, -0.05) is 26.8 Å². The zero-order valence-electron chi connectivity index (χ0n) is 20.7. The molecule has 4 rings (SSSR count). The molecule has 2 aromatic heterocycles. The highest BCUT2D eigenvalue weighted by molar-refractivity contribution is 5.80. The molecule has 9 heteroatoms. The number of aliphatic carboxylic acids is 1. The monoisotopic (exact) mass is 467 g/mol. The van der Waals surface area contributed by atoms with Crippen LogP contribution in [-0.2, 0) is 11.2 Å². The molecule has 4 heterocycles. The summed E-state index contributed by atoms with van der Waals surface area (Å²) in [6.07, 6.45) is 5.81. The molecule has 0 bridgehead atoms. The van der Waals surface area contributed by atoms with Crippen LogP contribution in [0.2, 0.25) is 0 Å². The van der Waals surface area contributed by atoms with Crippen LogP contribution in [-0.4, -0.2) is 57.7 Å². The molecule has 1 unspecified atom stereocenters. The molecule has 184 valence electrons. The lowest BCUT2D eigenvalue weighted by Crippen LogP contribution is -2.62. The van der Waals surface area contributed by atoms with E-state index in [1.807, 2.05) is 27.7 Å². The number of hydrogen-bond donors (Lipinski definition) is 4. The third-order valence-corrected chi connectivity index (χ3v) is 7.44. The first-order valence-electron chi connectivity index (χ1n) is 12.2. The number of nitrogens with zero attached hydrogens (tertiary/aromatic N) is 4. The molecular weight excluding hydrogens is 430 g/mol. The number of hydrogen-bond acceptors (Lipinski definition) is 8. The fourth-order valence-corrected chi connectivity index (χ4v) is 4.78. The zero-order valence-corrected chi connectivity index (χ0v) is 20.7. The van der Waals surface area contributed by atoms with Gasteiger partial charge in [0.05, 0.1) is 0 Å². The molecule has 1 fully saturated rings. The summed E-state index contributed by atoms with van der Waals surface area (Å²) < 4.78 is 0. The lowest BCUT2D eigenvalue weighted by atomic mass is 9.74. The Morgan fingerprint density at radius 3 is 2.68 bits per heavy atom. The first-order chi connectivity index (χ1) is 16.1. The van der Waals surface area contributed by atoms with Crippen molar-refractivity contribution in [1.29, 1.82) is 0 Å². The van der Waals surface area contributed by atoms with E-state index in [1.54, 1.807) is 0 Å². The maximum atomic E-state index is 11.9. The normalized spacial score (nSPS) is 18.6. The van der Waals surface area contributed by atoms with Crippen molar-refractivity contribution in [2.45, 2.75) is 64.8 Å². The Hall–Kier alpha value is -2.94. The van der Waals surface area contributed by atoms with E-state index < -0.39 is 16.9 Å². The molecule has 1 saturated heterocycles. The van der Waals surface area contributed by atoms with E-state index in [9.17, 15) is 9.90 Å². The van der Waals surface area contributed by atoms with Gasteiger partial charge < -0.3 is 26.4 Å². The van der Waals surface area contributed by atoms with Crippen molar-refractivity contribution in [3.8, 4) is 0 Å². The van der Waals surface area contributed by atoms with E-state index in [-0.39, 0.29) is 6.54 Å². The highest BCUT2D eigenvalue weighted by Crippen LogP contribution is 2.34. The third-order valence-electron chi connectivity index (χ3n) is 7.44. The highest BCUT2D eigenvalue weighted by Gasteiger charge is 2.45. The molecule has 5 N–H and O–H groups in total. The predicted molar refractivity (Wildman–Crippen MR) is 135 cm³/mol. The van der Waals surface area contributed by atoms with Crippen molar-refractivity contribution in [3.05, 3.63) is 35.3 Å². The number of nitrogens with one attached hydrogen (secondary N) is 2. The minimum absolute atomic E-state index is 0.0727. The van der Waals surface area contributed by atoms with E-state index in [1.165, 1.54) is 24.0 Å². The second-order valence-electron chi connectivity index (χ2n) is 10.6. The van der Waals surface area contributed by atoms with Crippen molar-refractivity contribution in [2.24, 2.45) is 11.1 Å². The lowest BCUT2D eigenvalue weighted by molar-refractivity contribution is -0.146. The second-order valence-corrected chi connectivity index (χ2v) is 10.6. The summed E-state index contributed by atoms with van der Waals surface area (Å²) in [5, 5.41) is 16.4. The largest absolute Gasteiger partial charge is 0.480 e. The summed E-state index contributed by atoms with van der Waals surface area (Å²) in [5.74, 6) is 1.96. The molecule has 9 nitrogen and oxygen atoms in total. The van der Waals surface area contributed by atoms with Crippen LogP contribution in [0, 0.1) is 12.3 Å². The molecule has 1 atom stereocenters. The number of carbonyl (C=O) groups is 1. The Labute approximate surface area is 201 Å². The van der Waals surface area contributed by atoms with Crippen LogP contribution in [0.1, 0.15) is 62.8 Å². The van der Waals surface area contributed by atoms with Crippen LogP contribution >= 0.6 is 0 Å². The molecule has 0 amide bonds. The van der Waals surface area contributed by atoms with Crippen molar-refractivity contribution in [2.75, 3.05) is 41.7 Å². The molecule has 0 saturated carbocycles. The molecular formula is C25H37N7O2. The smallest absolute Gasteiger partial charge is 0.326 e. The summed E-state index contributed by atoms with van der Waals surface area (Å²) in [5.41, 5.74) is 7.62. The minimum Gasteiger partial charge on any atom is -0.480 e. The fourth-order valence-electron chi connectivity index (χ4n) is 4.78. The molecule has 0 radical (unpaired) electrons. The van der Waals surface area contributed by atoms with Gasteiger partial charge >= 0.3 is 5.97 Å². The predicted octanol–water partition coefficient (Wildman–Crippen LogP) is 3.16. The number of pyridine rings is 1. The summed E-state index contributed by atoms with van der Waals surface area (Å²) in [4.78, 5) is 28.0. The summed E-state index contributed by atoms with van der Waals surface area (Å²) in [6.45, 7) is 10.3. The van der Waals surface area contributed by atoms with E-state index in [0.29, 0.717) is 11.7 Å². The highest BCUT2D eigenvalue weighted by atomic mass is 16.4. The first-order valence-corrected chi connectivity index (χ1v) is 12.2. The van der Waals surface area contributed by atoms with E-state index in [4.69, 9.17) is 10.7 Å². The Morgan fingerprint density at radius 2 is 2.00 bits per heavy atom. The Kier molecular flexibility index (Phi) is 6.66. The van der Waals surface area contributed by atoms with Gasteiger partial charge in [0, 0.05) is 43.4 Å². The van der Waals surface area contributed by atoms with Crippen molar-refractivity contribution >= 4 is 23.4 Å². The van der Waals surface area contributed by atoms with E-state index in [0.717, 1.165) is 56.1 Å². The van der Waals surface area contributed by atoms with Crippen LogP contribution in [0.15, 0.2) is 18.5 Å². The maximum absolute atomic E-state index is 11.9. The average molecular weight is 468 g/mol. The number of carboxylic acid groups (broad SMARTS) is 1. The molecule has 34 heavy (non-hydrogen) atoms. The molecule has 2 aliphatic heterocycles. The number of carboxylic acids is 1. The first kappa shape index (κ1) is 24.2. The molecule has 2 aliphatic rings. The van der Waals surface area contributed by atoms with Crippen LogP contribution < -0.4 is 21.3 Å². The van der Waals surface area contributed by atoms with Crippen LogP contribution in [0.4, 0.5) is 17.5 Å². The van der Waals surface area contributed by atoms with Crippen LogP contribution in [0.3, 0.4) is 0 Å². The summed E-state index contributed by atoms with van der Waals surface area (Å²) >= 11 is 0. The molecule has 0 aliphatic carbocycles. The molecule has 2 aromatic rings. The molecule has 0 spiro atoms. The van der Waals surface area contributed by atoms with Gasteiger partial charge in [-0.3, -0.25) is 4.79 Å². The molecule has 0 aromatic carbocycles. The number of rotatable bonds is 6. The van der Waals surface area contributed by atoms with Gasteiger partial charge in [-0.25, -0.2) is 15.0 Å².